The van der Waals surface area contributed by atoms with Gasteiger partial charge in [0.1, 0.15) is 5.75 Å². The van der Waals surface area contributed by atoms with E-state index < -0.39 is 17.8 Å². The SMILES string of the molecule is CC(C)(CCl)C(Cl)(Cl)OP(=O)(OCCCC(Br)Br)Oc1ccccc1. The summed E-state index contributed by atoms with van der Waals surface area (Å²) in [5, 5.41) is 0. The lowest BCUT2D eigenvalue weighted by molar-refractivity contribution is 0.0672. The van der Waals surface area contributed by atoms with Gasteiger partial charge in [-0.15, -0.1) is 11.6 Å². The van der Waals surface area contributed by atoms with Crippen LogP contribution in [0, 0.1) is 5.41 Å². The Morgan fingerprint density at radius 3 is 2.32 bits per heavy atom. The number of hydrogen-bond donors (Lipinski definition) is 0. The number of para-hydroxylation sites is 1. The molecule has 0 aliphatic rings. The second-order valence-corrected chi connectivity index (χ2v) is 12.3. The zero-order chi connectivity index (χ0) is 19.1. The van der Waals surface area contributed by atoms with E-state index >= 15 is 0 Å². The van der Waals surface area contributed by atoms with Crippen LogP contribution < -0.4 is 4.52 Å². The fraction of sp³-hybridized carbons (Fsp3) is 0.600. The van der Waals surface area contributed by atoms with Crippen LogP contribution in [0.2, 0.25) is 0 Å². The molecule has 4 nitrogen and oxygen atoms in total. The van der Waals surface area contributed by atoms with E-state index in [0.717, 1.165) is 6.42 Å². The summed E-state index contributed by atoms with van der Waals surface area (Å²) in [6.07, 6.45) is 1.37. The maximum Gasteiger partial charge on any atom is 0.532 e. The van der Waals surface area contributed by atoms with Crippen molar-refractivity contribution < 1.29 is 18.1 Å². The van der Waals surface area contributed by atoms with Crippen LogP contribution >= 0.6 is 74.5 Å². The molecule has 0 fully saturated rings. The van der Waals surface area contributed by atoms with Crippen molar-refractivity contribution in [3.8, 4) is 5.75 Å². The molecule has 1 rings (SSSR count). The third-order valence-electron chi connectivity index (χ3n) is 3.12. The Balaban J connectivity index is 2.92. The van der Waals surface area contributed by atoms with Gasteiger partial charge in [-0.3, -0.25) is 4.52 Å². The van der Waals surface area contributed by atoms with E-state index in [1.165, 1.54) is 0 Å². The predicted octanol–water partition coefficient (Wildman–Crippen LogP) is 7.50. The van der Waals surface area contributed by atoms with Crippen LogP contribution in [0.5, 0.6) is 5.75 Å². The molecule has 1 aromatic rings. The van der Waals surface area contributed by atoms with E-state index in [4.69, 9.17) is 48.4 Å². The summed E-state index contributed by atoms with van der Waals surface area (Å²) in [7, 11) is -4.09. The number of phosphoric ester groups is 1. The predicted molar refractivity (Wildman–Crippen MR) is 112 cm³/mol. The van der Waals surface area contributed by atoms with Gasteiger partial charge in [0, 0.05) is 11.3 Å². The van der Waals surface area contributed by atoms with Gasteiger partial charge in [-0.2, -0.15) is 0 Å². The molecule has 0 amide bonds. The van der Waals surface area contributed by atoms with Gasteiger partial charge < -0.3 is 4.52 Å². The third-order valence-corrected chi connectivity index (χ3v) is 7.53. The number of halogens is 5. The molecule has 0 spiro atoms. The summed E-state index contributed by atoms with van der Waals surface area (Å²) in [6.45, 7) is 3.52. The van der Waals surface area contributed by atoms with Crippen LogP contribution in [0.1, 0.15) is 26.7 Å². The highest BCUT2D eigenvalue weighted by Crippen LogP contribution is 2.58. The second-order valence-electron chi connectivity index (χ2n) is 5.84. The average Bonchev–Trinajstić information content (AvgIpc) is 2.51. The van der Waals surface area contributed by atoms with Gasteiger partial charge in [0.2, 0.25) is 4.52 Å². The summed E-state index contributed by atoms with van der Waals surface area (Å²) in [5.74, 6) is 0.401. The number of hydrogen-bond acceptors (Lipinski definition) is 4. The van der Waals surface area contributed by atoms with Gasteiger partial charge in [0.25, 0.3) is 0 Å². The van der Waals surface area contributed by atoms with Crippen LogP contribution in [-0.4, -0.2) is 20.7 Å². The van der Waals surface area contributed by atoms with E-state index in [2.05, 4.69) is 31.9 Å². The minimum atomic E-state index is -4.09. The van der Waals surface area contributed by atoms with Gasteiger partial charge in [-0.1, -0.05) is 87.1 Å². The van der Waals surface area contributed by atoms with E-state index in [1.54, 1.807) is 44.2 Å². The first kappa shape index (κ1) is 24.0. The molecule has 1 unspecified atom stereocenters. The van der Waals surface area contributed by atoms with Crippen LogP contribution in [0.3, 0.4) is 0 Å². The Bertz CT molecular complexity index is 573. The van der Waals surface area contributed by atoms with E-state index in [9.17, 15) is 4.57 Å². The van der Waals surface area contributed by atoms with Gasteiger partial charge in [-0.25, -0.2) is 9.09 Å². The molecule has 0 N–H and O–H groups in total. The van der Waals surface area contributed by atoms with Gasteiger partial charge in [-0.05, 0) is 25.0 Å². The largest absolute Gasteiger partial charge is 0.532 e. The fourth-order valence-corrected chi connectivity index (χ4v) is 4.45. The van der Waals surface area contributed by atoms with E-state index in [1.807, 2.05) is 0 Å². The number of benzene rings is 1. The number of alkyl halides is 5. The number of rotatable bonds is 11. The summed E-state index contributed by atoms with van der Waals surface area (Å²) in [6, 6.07) is 8.52. The van der Waals surface area contributed by atoms with Crippen molar-refractivity contribution in [2.45, 2.75) is 34.9 Å². The number of phosphoric acid groups is 1. The Labute approximate surface area is 180 Å². The molecule has 0 aliphatic carbocycles. The molecule has 1 atom stereocenters. The Kier molecular flexibility index (Phi) is 10.1. The lowest BCUT2D eigenvalue weighted by Crippen LogP contribution is -2.38. The molecular formula is C15H20Br2Cl3O4P. The molecule has 144 valence electrons. The fourth-order valence-electron chi connectivity index (χ4n) is 1.44. The zero-order valence-electron chi connectivity index (χ0n) is 13.8. The van der Waals surface area contributed by atoms with Crippen molar-refractivity contribution in [3.63, 3.8) is 0 Å². The summed E-state index contributed by atoms with van der Waals surface area (Å²) in [4.78, 5) is 0. The molecule has 0 saturated heterocycles. The van der Waals surface area contributed by atoms with Crippen molar-refractivity contribution in [2.75, 3.05) is 12.5 Å². The minimum absolute atomic E-state index is 0.0835. The zero-order valence-corrected chi connectivity index (χ0v) is 20.1. The topological polar surface area (TPSA) is 44.8 Å². The lowest BCUT2D eigenvalue weighted by atomic mass is 9.97. The highest BCUT2D eigenvalue weighted by atomic mass is 79.9. The minimum Gasteiger partial charge on any atom is -0.404 e. The van der Waals surface area contributed by atoms with Gasteiger partial charge in [0.05, 0.1) is 10.3 Å². The molecule has 0 aliphatic heterocycles. The van der Waals surface area contributed by atoms with E-state index in [0.29, 0.717) is 12.2 Å². The maximum absolute atomic E-state index is 13.1. The highest BCUT2D eigenvalue weighted by molar-refractivity contribution is 9.24. The van der Waals surface area contributed by atoms with E-state index in [-0.39, 0.29) is 16.2 Å². The standard InChI is InChI=1S/C15H20Br2Cl3O4P/c1-14(2,11-18)15(19,20)24-25(21,22-10-6-9-13(16)17)23-12-7-4-3-5-8-12/h3-5,7-8,13H,6,9-11H2,1-2H3. The van der Waals surface area contributed by atoms with Crippen molar-refractivity contribution >= 4 is 74.5 Å². The van der Waals surface area contributed by atoms with Gasteiger partial charge >= 0.3 is 7.82 Å². The monoisotopic (exact) mass is 558 g/mol. The smallest absolute Gasteiger partial charge is 0.404 e. The highest BCUT2D eigenvalue weighted by Gasteiger charge is 2.50. The molecule has 0 saturated carbocycles. The normalized spacial score (nSPS) is 15.2. The molecule has 0 aromatic heterocycles. The third kappa shape index (κ3) is 8.27. The first-order chi connectivity index (χ1) is 11.5. The molecular weight excluding hydrogens is 541 g/mol. The first-order valence-electron chi connectivity index (χ1n) is 7.43. The Hall–Kier alpha value is 1.00. The second kappa shape index (κ2) is 10.5. The summed E-state index contributed by atoms with van der Waals surface area (Å²) >= 11 is 25.1. The first-order valence-corrected chi connectivity index (χ1v) is 12.0. The van der Waals surface area contributed by atoms with Crippen LogP contribution in [0.15, 0.2) is 30.3 Å². The molecule has 25 heavy (non-hydrogen) atoms. The van der Waals surface area contributed by atoms with Crippen LogP contribution in [-0.2, 0) is 13.6 Å². The summed E-state index contributed by atoms with van der Waals surface area (Å²) < 4.78 is 27.7. The van der Waals surface area contributed by atoms with Crippen molar-refractivity contribution in [2.24, 2.45) is 5.41 Å². The Morgan fingerprint density at radius 2 is 1.80 bits per heavy atom. The summed E-state index contributed by atoms with van der Waals surface area (Å²) in [5.41, 5.74) is -0.895. The van der Waals surface area contributed by atoms with Crippen molar-refractivity contribution in [1.82, 2.24) is 0 Å². The average molecular weight is 561 g/mol. The molecule has 0 heterocycles. The maximum atomic E-state index is 13.1. The molecule has 0 radical (unpaired) electrons. The quantitative estimate of drug-likeness (QED) is 0.160. The van der Waals surface area contributed by atoms with Gasteiger partial charge in [0.15, 0.2) is 0 Å². The van der Waals surface area contributed by atoms with Crippen LogP contribution in [0.4, 0.5) is 0 Å². The molecule has 10 heteroatoms. The van der Waals surface area contributed by atoms with Crippen LogP contribution in [0.25, 0.3) is 0 Å². The Morgan fingerprint density at radius 1 is 1.20 bits per heavy atom. The van der Waals surface area contributed by atoms with Crippen molar-refractivity contribution in [1.29, 1.82) is 0 Å². The molecule has 0 bridgehead atoms. The van der Waals surface area contributed by atoms with Crippen molar-refractivity contribution in [3.05, 3.63) is 30.3 Å². The molecule has 1 aromatic carbocycles. The lowest BCUT2D eigenvalue weighted by Gasteiger charge is -2.36.